The van der Waals surface area contributed by atoms with Crippen molar-refractivity contribution in [1.29, 1.82) is 0 Å². The highest BCUT2D eigenvalue weighted by Crippen LogP contribution is 2.44. The Labute approximate surface area is 100 Å². The van der Waals surface area contributed by atoms with E-state index in [2.05, 4.69) is 4.36 Å². The van der Waals surface area contributed by atoms with Gasteiger partial charge in [0.05, 0.1) is 23.7 Å². The van der Waals surface area contributed by atoms with Crippen molar-refractivity contribution in [3.63, 3.8) is 0 Å². The molecular formula is C9H8F2N2O2S2. The second-order valence-electron chi connectivity index (χ2n) is 3.99. The summed E-state index contributed by atoms with van der Waals surface area (Å²) < 4.78 is 49.7. The summed E-state index contributed by atoms with van der Waals surface area (Å²) in [4.78, 5) is 2.09. The molecule has 0 amide bonds. The summed E-state index contributed by atoms with van der Waals surface area (Å²) in [5.41, 5.74) is 1.08. The maximum atomic E-state index is 12.7. The molecule has 0 spiro atoms. The van der Waals surface area contributed by atoms with Crippen molar-refractivity contribution < 1.29 is 17.5 Å². The van der Waals surface area contributed by atoms with Gasteiger partial charge in [0.25, 0.3) is 5.92 Å². The fraction of sp³-hybridized carbons (Fsp3) is 0.333. The normalized spacial score (nSPS) is 29.5. The Morgan fingerprint density at radius 2 is 2.18 bits per heavy atom. The summed E-state index contributed by atoms with van der Waals surface area (Å²) in [5, 5.41) is 0. The number of fused-ring (bicyclic) bond motifs is 1. The quantitative estimate of drug-likeness (QED) is 0.803. The molecular weight excluding hydrogens is 270 g/mol. The third kappa shape index (κ3) is 2.00. The smallest absolute Gasteiger partial charge is 0.282 e. The van der Waals surface area contributed by atoms with Crippen LogP contribution in [0.2, 0.25) is 0 Å². The first-order chi connectivity index (χ1) is 7.85. The van der Waals surface area contributed by atoms with E-state index in [1.807, 2.05) is 0 Å². The second kappa shape index (κ2) is 3.33. The van der Waals surface area contributed by atoms with Crippen molar-refractivity contribution in [2.24, 2.45) is 4.36 Å². The Kier molecular flexibility index (Phi) is 2.20. The number of hydrogen-bond acceptors (Lipinski definition) is 4. The molecule has 1 atom stereocenters. The Bertz CT molecular complexity index is 603. The molecule has 17 heavy (non-hydrogen) atoms. The predicted molar refractivity (Wildman–Crippen MR) is 62.3 cm³/mol. The van der Waals surface area contributed by atoms with Crippen molar-refractivity contribution in [3.8, 4) is 0 Å². The van der Waals surface area contributed by atoms with Crippen molar-refractivity contribution in [2.75, 3.05) is 18.0 Å². The first kappa shape index (κ1) is 11.2. The molecule has 92 valence electrons. The molecule has 1 N–H and O–H groups in total. The molecule has 2 heterocycles. The monoisotopic (exact) mass is 278 g/mol. The van der Waals surface area contributed by atoms with E-state index in [4.69, 9.17) is 0 Å². The van der Waals surface area contributed by atoms with Gasteiger partial charge >= 0.3 is 0 Å². The van der Waals surface area contributed by atoms with Crippen molar-refractivity contribution in [3.05, 3.63) is 18.2 Å². The van der Waals surface area contributed by atoms with E-state index >= 15 is 0 Å². The van der Waals surface area contributed by atoms with Crippen LogP contribution in [-0.2, 0) is 9.04 Å². The molecule has 1 saturated heterocycles. The van der Waals surface area contributed by atoms with Crippen LogP contribution in [0.15, 0.2) is 27.5 Å². The maximum Gasteiger partial charge on any atom is 0.282 e. The van der Waals surface area contributed by atoms with Crippen LogP contribution in [-0.4, -0.2) is 27.8 Å². The summed E-state index contributed by atoms with van der Waals surface area (Å²) in [6.07, 6.45) is 0. The van der Waals surface area contributed by atoms with E-state index in [0.29, 0.717) is 16.3 Å². The van der Waals surface area contributed by atoms with Gasteiger partial charge in [-0.15, -0.1) is 0 Å². The molecule has 8 heteroatoms. The lowest BCUT2D eigenvalue weighted by atomic mass is 10.1. The van der Waals surface area contributed by atoms with E-state index < -0.39 is 15.0 Å². The van der Waals surface area contributed by atoms with Gasteiger partial charge in [0.2, 0.25) is 9.04 Å². The van der Waals surface area contributed by atoms with Crippen LogP contribution < -0.4 is 4.90 Å². The number of halogens is 2. The van der Waals surface area contributed by atoms with Crippen molar-refractivity contribution in [2.45, 2.75) is 10.8 Å². The number of alkyl halides is 2. The van der Waals surface area contributed by atoms with Crippen LogP contribution in [0.25, 0.3) is 0 Å². The van der Waals surface area contributed by atoms with E-state index in [-0.39, 0.29) is 13.1 Å². The highest BCUT2D eigenvalue weighted by molar-refractivity contribution is 8.71. The molecule has 1 unspecified atom stereocenters. The summed E-state index contributed by atoms with van der Waals surface area (Å²) in [7, 11) is -2.47. The first-order valence-corrected chi connectivity index (χ1v) is 7.61. The minimum atomic E-state index is -3.23. The molecule has 2 aliphatic rings. The topological polar surface area (TPSA) is 52.9 Å². The van der Waals surface area contributed by atoms with Gasteiger partial charge < -0.3 is 4.90 Å². The number of nitrogens with zero attached hydrogens (tertiary/aromatic N) is 2. The zero-order valence-corrected chi connectivity index (χ0v) is 10.1. The van der Waals surface area contributed by atoms with Gasteiger partial charge in [0.15, 0.2) is 0 Å². The van der Waals surface area contributed by atoms with Crippen LogP contribution in [0.5, 0.6) is 0 Å². The van der Waals surface area contributed by atoms with E-state index in [1.54, 1.807) is 18.2 Å². The van der Waals surface area contributed by atoms with Crippen LogP contribution in [0.1, 0.15) is 0 Å². The fourth-order valence-corrected chi connectivity index (χ4v) is 4.36. The highest BCUT2D eigenvalue weighted by Gasteiger charge is 2.44. The zero-order chi connectivity index (χ0) is 12.3. The standard InChI is InChI=1S/C9H8F2N2O2S2/c10-9(11)4-13(5-9)6-1-2-7-8(3-6)16-17(14,15)12-7/h1-3H,4-5H2,(H,12,14,15). The molecule has 0 saturated carbocycles. The van der Waals surface area contributed by atoms with Crippen molar-refractivity contribution in [1.82, 2.24) is 0 Å². The minimum Gasteiger partial charge on any atom is -0.359 e. The van der Waals surface area contributed by atoms with E-state index in [0.717, 1.165) is 10.8 Å². The molecule has 1 fully saturated rings. The van der Waals surface area contributed by atoms with E-state index in [1.165, 1.54) is 4.90 Å². The SMILES string of the molecule is O=S1(O)=Nc2ccc(N3CC(F)(F)C3)cc2S1. The molecule has 3 rings (SSSR count). The van der Waals surface area contributed by atoms with E-state index in [9.17, 15) is 17.5 Å². The van der Waals surface area contributed by atoms with Crippen LogP contribution in [0.3, 0.4) is 0 Å². The van der Waals surface area contributed by atoms with Gasteiger partial charge in [-0.3, -0.25) is 4.55 Å². The van der Waals surface area contributed by atoms with Gasteiger partial charge in [0.1, 0.15) is 0 Å². The largest absolute Gasteiger partial charge is 0.359 e. The van der Waals surface area contributed by atoms with Crippen molar-refractivity contribution >= 4 is 31.2 Å². The minimum absolute atomic E-state index is 0.303. The summed E-state index contributed by atoms with van der Waals surface area (Å²) in [5.74, 6) is -2.62. The molecule has 4 nitrogen and oxygen atoms in total. The Hall–Kier alpha value is -0.860. The summed E-state index contributed by atoms with van der Waals surface area (Å²) >= 11 is 0. The zero-order valence-electron chi connectivity index (χ0n) is 8.47. The van der Waals surface area contributed by atoms with Crippen LogP contribution >= 0.6 is 10.8 Å². The third-order valence-corrected chi connectivity index (χ3v) is 5.13. The number of hydrogen-bond donors (Lipinski definition) is 1. The molecule has 0 bridgehead atoms. The fourth-order valence-electron chi connectivity index (χ4n) is 1.80. The third-order valence-electron chi connectivity index (χ3n) is 2.56. The first-order valence-electron chi connectivity index (χ1n) is 4.81. The highest BCUT2D eigenvalue weighted by atomic mass is 33.1. The molecule has 0 aromatic heterocycles. The Balaban J connectivity index is 1.87. The van der Waals surface area contributed by atoms with Gasteiger partial charge in [-0.1, -0.05) is 0 Å². The van der Waals surface area contributed by atoms with Gasteiger partial charge in [-0.05, 0) is 18.2 Å². The predicted octanol–water partition coefficient (Wildman–Crippen LogP) is 2.74. The van der Waals surface area contributed by atoms with Gasteiger partial charge in [-0.25, -0.2) is 13.0 Å². The molecule has 1 aromatic rings. The molecule has 1 aromatic carbocycles. The second-order valence-corrected chi connectivity index (χ2v) is 7.47. The lowest BCUT2D eigenvalue weighted by Crippen LogP contribution is -2.56. The Morgan fingerprint density at radius 1 is 1.47 bits per heavy atom. The van der Waals surface area contributed by atoms with Crippen LogP contribution in [0.4, 0.5) is 20.2 Å². The van der Waals surface area contributed by atoms with Gasteiger partial charge in [-0.2, -0.15) is 4.36 Å². The maximum absolute atomic E-state index is 12.7. The molecule has 0 aliphatic carbocycles. The van der Waals surface area contributed by atoms with Gasteiger partial charge in [0, 0.05) is 16.5 Å². The summed E-state index contributed by atoms with van der Waals surface area (Å²) in [6.45, 7) is -0.607. The number of rotatable bonds is 1. The average Bonchev–Trinajstić information content (AvgIpc) is 2.46. The Morgan fingerprint density at radius 3 is 2.82 bits per heavy atom. The molecule has 2 aliphatic heterocycles. The summed E-state index contributed by atoms with van der Waals surface area (Å²) in [6, 6.07) is 4.84. The lowest BCUT2D eigenvalue weighted by Gasteiger charge is -2.40. The number of anilines is 1. The molecule has 0 radical (unpaired) electrons. The van der Waals surface area contributed by atoms with Crippen LogP contribution in [0, 0.1) is 0 Å². The lowest BCUT2D eigenvalue weighted by molar-refractivity contribution is -0.0262. The number of benzene rings is 1. The average molecular weight is 278 g/mol.